The van der Waals surface area contributed by atoms with Crippen molar-refractivity contribution in [1.82, 2.24) is 15.5 Å². The Hall–Kier alpha value is -2.17. The van der Waals surface area contributed by atoms with Crippen LogP contribution in [0.15, 0.2) is 30.5 Å². The Balaban J connectivity index is 1.78. The van der Waals surface area contributed by atoms with Crippen LogP contribution in [-0.4, -0.2) is 28.2 Å². The molecule has 98 valence electrons. The summed E-state index contributed by atoms with van der Waals surface area (Å²) in [6, 6.07) is 7.84. The minimum Gasteiger partial charge on any atom is -0.372 e. The van der Waals surface area contributed by atoms with E-state index in [4.69, 9.17) is 0 Å². The van der Waals surface area contributed by atoms with Gasteiger partial charge in [0, 0.05) is 11.4 Å². The zero-order chi connectivity index (χ0) is 13.2. The minimum atomic E-state index is -0.284. The van der Waals surface area contributed by atoms with Gasteiger partial charge in [0.25, 0.3) is 0 Å². The molecule has 5 heteroatoms. The summed E-state index contributed by atoms with van der Waals surface area (Å²) >= 11 is 0. The van der Waals surface area contributed by atoms with E-state index >= 15 is 0 Å². The molecule has 1 saturated carbocycles. The number of nitrogens with zero attached hydrogens (tertiary/aromatic N) is 2. The van der Waals surface area contributed by atoms with Crippen LogP contribution in [-0.2, 0) is 4.79 Å². The van der Waals surface area contributed by atoms with E-state index in [0.29, 0.717) is 6.04 Å². The number of rotatable bonds is 4. The Labute approximate surface area is 111 Å². The number of anilines is 1. The van der Waals surface area contributed by atoms with Gasteiger partial charge in [-0.05, 0) is 25.8 Å². The molecule has 1 aromatic carbocycles. The molecule has 19 heavy (non-hydrogen) atoms. The Morgan fingerprint density at radius 1 is 1.37 bits per heavy atom. The number of nitrogens with one attached hydrogen (secondary N) is 2. The third-order valence-electron chi connectivity index (χ3n) is 3.24. The average Bonchev–Trinajstić information content (AvgIpc) is 3.23. The first-order valence-electron chi connectivity index (χ1n) is 6.51. The summed E-state index contributed by atoms with van der Waals surface area (Å²) in [5, 5.41) is 15.2. The fourth-order valence-corrected chi connectivity index (χ4v) is 1.97. The number of benzene rings is 1. The predicted molar refractivity (Wildman–Crippen MR) is 73.8 cm³/mol. The molecule has 0 radical (unpaired) electrons. The standard InChI is InChI=1S/C14H16N4O/c1-9(14(19)17-10-6-7-10)16-13-8-15-18-12-5-3-2-4-11(12)13/h2-5,8-10H,6-7H2,1H3,(H,16,18)(H,17,19). The van der Waals surface area contributed by atoms with Gasteiger partial charge in [-0.1, -0.05) is 18.2 Å². The number of hydrogen-bond donors (Lipinski definition) is 2. The minimum absolute atomic E-state index is 0.0309. The first-order chi connectivity index (χ1) is 9.24. The van der Waals surface area contributed by atoms with Gasteiger partial charge < -0.3 is 10.6 Å². The van der Waals surface area contributed by atoms with Gasteiger partial charge >= 0.3 is 0 Å². The van der Waals surface area contributed by atoms with E-state index in [1.807, 2.05) is 31.2 Å². The summed E-state index contributed by atoms with van der Waals surface area (Å²) in [4.78, 5) is 11.9. The second-order valence-corrected chi connectivity index (χ2v) is 4.92. The average molecular weight is 256 g/mol. The van der Waals surface area contributed by atoms with Crippen molar-refractivity contribution in [3.05, 3.63) is 30.5 Å². The number of fused-ring (bicyclic) bond motifs is 1. The van der Waals surface area contributed by atoms with Gasteiger partial charge in [0.1, 0.15) is 6.04 Å². The van der Waals surface area contributed by atoms with Crippen LogP contribution in [0, 0.1) is 0 Å². The quantitative estimate of drug-likeness (QED) is 0.874. The second kappa shape index (κ2) is 4.84. The Bertz CT molecular complexity index is 604. The van der Waals surface area contributed by atoms with Crippen molar-refractivity contribution in [3.63, 3.8) is 0 Å². The first kappa shape index (κ1) is 11.9. The highest BCUT2D eigenvalue weighted by molar-refractivity contribution is 5.93. The second-order valence-electron chi connectivity index (χ2n) is 4.92. The summed E-state index contributed by atoms with van der Waals surface area (Å²) in [6.45, 7) is 1.85. The highest BCUT2D eigenvalue weighted by Crippen LogP contribution is 2.21. The summed E-state index contributed by atoms with van der Waals surface area (Å²) in [6.07, 6.45) is 3.85. The molecule has 2 aromatic rings. The number of carbonyl (C=O) groups is 1. The molecule has 2 N–H and O–H groups in total. The third-order valence-corrected chi connectivity index (χ3v) is 3.24. The van der Waals surface area contributed by atoms with Crippen LogP contribution in [0.25, 0.3) is 10.9 Å². The zero-order valence-corrected chi connectivity index (χ0v) is 10.8. The van der Waals surface area contributed by atoms with Gasteiger partial charge in [-0.2, -0.15) is 10.2 Å². The molecule has 1 aliphatic rings. The van der Waals surface area contributed by atoms with Gasteiger partial charge in [-0.3, -0.25) is 4.79 Å². The van der Waals surface area contributed by atoms with Crippen LogP contribution in [0.2, 0.25) is 0 Å². The molecule has 1 amide bonds. The smallest absolute Gasteiger partial charge is 0.242 e. The zero-order valence-electron chi connectivity index (χ0n) is 10.8. The summed E-state index contributed by atoms with van der Waals surface area (Å²) in [5.41, 5.74) is 1.66. The lowest BCUT2D eigenvalue weighted by molar-refractivity contribution is -0.121. The maximum Gasteiger partial charge on any atom is 0.242 e. The van der Waals surface area contributed by atoms with Gasteiger partial charge in [0.05, 0.1) is 17.4 Å². The lowest BCUT2D eigenvalue weighted by Gasteiger charge is -2.15. The van der Waals surface area contributed by atoms with Crippen molar-refractivity contribution in [2.45, 2.75) is 31.8 Å². The van der Waals surface area contributed by atoms with Crippen LogP contribution in [0.4, 0.5) is 5.69 Å². The third kappa shape index (κ3) is 2.65. The normalized spacial score (nSPS) is 16.1. The van der Waals surface area contributed by atoms with Gasteiger partial charge in [0.15, 0.2) is 0 Å². The van der Waals surface area contributed by atoms with Crippen molar-refractivity contribution in [1.29, 1.82) is 0 Å². The van der Waals surface area contributed by atoms with Crippen LogP contribution in [0.5, 0.6) is 0 Å². The SMILES string of the molecule is CC(Nc1cnnc2ccccc12)C(=O)NC1CC1. The van der Waals surface area contributed by atoms with E-state index in [0.717, 1.165) is 29.4 Å². The molecule has 0 saturated heterocycles. The molecule has 0 spiro atoms. The molecule has 0 aliphatic heterocycles. The van der Waals surface area contributed by atoms with Crippen molar-refractivity contribution < 1.29 is 4.79 Å². The van der Waals surface area contributed by atoms with Crippen molar-refractivity contribution in [2.75, 3.05) is 5.32 Å². The van der Waals surface area contributed by atoms with E-state index in [1.165, 1.54) is 0 Å². The molecular weight excluding hydrogens is 240 g/mol. The molecule has 3 rings (SSSR count). The fraction of sp³-hybridized carbons (Fsp3) is 0.357. The molecule has 5 nitrogen and oxygen atoms in total. The molecule has 1 unspecified atom stereocenters. The largest absolute Gasteiger partial charge is 0.372 e. The number of amides is 1. The molecule has 1 aliphatic carbocycles. The van der Waals surface area contributed by atoms with Crippen LogP contribution < -0.4 is 10.6 Å². The monoisotopic (exact) mass is 256 g/mol. The molecule has 1 heterocycles. The maximum atomic E-state index is 11.9. The van der Waals surface area contributed by atoms with Crippen molar-refractivity contribution in [3.8, 4) is 0 Å². The summed E-state index contributed by atoms with van der Waals surface area (Å²) < 4.78 is 0. The maximum absolute atomic E-state index is 11.9. The van der Waals surface area contributed by atoms with Gasteiger partial charge in [0.2, 0.25) is 5.91 Å². The van der Waals surface area contributed by atoms with E-state index < -0.39 is 0 Å². The Morgan fingerprint density at radius 2 is 2.16 bits per heavy atom. The van der Waals surface area contributed by atoms with E-state index in [9.17, 15) is 4.79 Å². The Morgan fingerprint density at radius 3 is 2.95 bits per heavy atom. The predicted octanol–water partition coefficient (Wildman–Crippen LogP) is 1.71. The van der Waals surface area contributed by atoms with Crippen molar-refractivity contribution in [2.24, 2.45) is 0 Å². The Kier molecular flexibility index (Phi) is 3.03. The fourth-order valence-electron chi connectivity index (χ4n) is 1.97. The molecular formula is C14H16N4O. The topological polar surface area (TPSA) is 66.9 Å². The van der Waals surface area contributed by atoms with Crippen molar-refractivity contribution >= 4 is 22.5 Å². The van der Waals surface area contributed by atoms with Crippen LogP contribution >= 0.6 is 0 Å². The van der Waals surface area contributed by atoms with E-state index in [-0.39, 0.29) is 11.9 Å². The molecule has 1 aromatic heterocycles. The lowest BCUT2D eigenvalue weighted by atomic mass is 10.2. The number of carbonyl (C=O) groups excluding carboxylic acids is 1. The molecule has 0 bridgehead atoms. The van der Waals surface area contributed by atoms with E-state index in [1.54, 1.807) is 6.20 Å². The summed E-state index contributed by atoms with van der Waals surface area (Å²) in [5.74, 6) is 0.0309. The number of hydrogen-bond acceptors (Lipinski definition) is 4. The molecule has 1 atom stereocenters. The lowest BCUT2D eigenvalue weighted by Crippen LogP contribution is -2.38. The first-order valence-corrected chi connectivity index (χ1v) is 6.51. The van der Waals surface area contributed by atoms with Crippen LogP contribution in [0.1, 0.15) is 19.8 Å². The van der Waals surface area contributed by atoms with E-state index in [2.05, 4.69) is 20.8 Å². The van der Waals surface area contributed by atoms with Crippen LogP contribution in [0.3, 0.4) is 0 Å². The highest BCUT2D eigenvalue weighted by atomic mass is 16.2. The van der Waals surface area contributed by atoms with Gasteiger partial charge in [-0.25, -0.2) is 0 Å². The number of aromatic nitrogens is 2. The highest BCUT2D eigenvalue weighted by Gasteiger charge is 2.25. The molecule has 1 fully saturated rings. The summed E-state index contributed by atoms with van der Waals surface area (Å²) in [7, 11) is 0. The van der Waals surface area contributed by atoms with Gasteiger partial charge in [-0.15, -0.1) is 0 Å².